The number of alkyl halides is 2. The molecule has 4 aromatic rings. The highest BCUT2D eigenvalue weighted by atomic mass is 35.5. The summed E-state index contributed by atoms with van der Waals surface area (Å²) in [5, 5.41) is 14.6. The zero-order valence-electron chi connectivity index (χ0n) is 19.9. The fourth-order valence-corrected chi connectivity index (χ4v) is 4.26. The molecular formula is C26H17ClF2N4O5. The topological polar surface area (TPSA) is 107 Å². The fourth-order valence-electron chi connectivity index (χ4n) is 4.02. The summed E-state index contributed by atoms with van der Waals surface area (Å²) in [5.74, 6) is -0.700. The number of amides is 1. The minimum Gasteiger partial charge on any atom is -0.495 e. The van der Waals surface area contributed by atoms with E-state index in [4.69, 9.17) is 16.3 Å². The van der Waals surface area contributed by atoms with Crippen molar-refractivity contribution in [3.8, 4) is 34.6 Å². The van der Waals surface area contributed by atoms with Crippen LogP contribution in [0.4, 0.5) is 14.5 Å². The smallest absolute Gasteiger partial charge is 0.495 e. The van der Waals surface area contributed by atoms with Crippen LogP contribution in [-0.2, 0) is 11.3 Å². The first-order valence-corrected chi connectivity index (χ1v) is 11.4. The predicted molar refractivity (Wildman–Crippen MR) is 134 cm³/mol. The van der Waals surface area contributed by atoms with E-state index in [9.17, 15) is 23.6 Å². The molecule has 0 fully saturated rings. The Kier molecular flexibility index (Phi) is 6.12. The lowest BCUT2D eigenvalue weighted by Crippen LogP contribution is -2.35. The molecule has 5 rings (SSSR count). The molecule has 0 N–H and O–H groups in total. The van der Waals surface area contributed by atoms with Gasteiger partial charge in [0.1, 0.15) is 12.3 Å². The molecule has 1 aromatic heterocycles. The number of benzene rings is 3. The average Bonchev–Trinajstić information content (AvgIpc) is 3.22. The summed E-state index contributed by atoms with van der Waals surface area (Å²) in [6, 6.07) is 15.6. The standard InChI is InChI=1S/C26H17ClF2N4O5/c1-32(16-6-7-20-22(9-16)38-26(28,29)37-20)23(34)13-33-25(35)18-11-21(36-2)19(27)10-17(18)24(31-33)15-5-3-4-14(8-15)12-30/h3-11H,13H2,1-2H3. The second-order valence-corrected chi connectivity index (χ2v) is 8.69. The van der Waals surface area contributed by atoms with E-state index in [2.05, 4.69) is 20.6 Å². The maximum Gasteiger partial charge on any atom is 0.586 e. The van der Waals surface area contributed by atoms with Crippen LogP contribution in [0.15, 0.2) is 59.4 Å². The van der Waals surface area contributed by atoms with Gasteiger partial charge in [0.15, 0.2) is 11.5 Å². The Morgan fingerprint density at radius 2 is 1.92 bits per heavy atom. The molecule has 3 aromatic carbocycles. The Labute approximate surface area is 218 Å². The summed E-state index contributed by atoms with van der Waals surface area (Å²) in [6.07, 6.45) is -3.80. The van der Waals surface area contributed by atoms with E-state index in [0.29, 0.717) is 22.2 Å². The van der Waals surface area contributed by atoms with E-state index in [-0.39, 0.29) is 33.3 Å². The number of methoxy groups -OCH3 is 1. The minimum atomic E-state index is -3.80. The van der Waals surface area contributed by atoms with Crippen molar-refractivity contribution < 1.29 is 27.8 Å². The minimum absolute atomic E-state index is 0.163. The quantitative estimate of drug-likeness (QED) is 0.366. The van der Waals surface area contributed by atoms with Gasteiger partial charge in [-0.05, 0) is 36.4 Å². The molecule has 0 saturated carbocycles. The number of ether oxygens (including phenoxy) is 3. The van der Waals surface area contributed by atoms with Gasteiger partial charge in [-0.3, -0.25) is 9.59 Å². The molecule has 0 saturated heterocycles. The van der Waals surface area contributed by atoms with Gasteiger partial charge < -0.3 is 19.1 Å². The Balaban J connectivity index is 1.57. The van der Waals surface area contributed by atoms with E-state index >= 15 is 0 Å². The molecule has 0 bridgehead atoms. The molecule has 2 heterocycles. The molecule has 38 heavy (non-hydrogen) atoms. The first-order chi connectivity index (χ1) is 18.1. The van der Waals surface area contributed by atoms with Gasteiger partial charge in [-0.25, -0.2) is 4.68 Å². The molecule has 0 spiro atoms. The molecule has 0 aliphatic carbocycles. The number of aromatic nitrogens is 2. The predicted octanol–water partition coefficient (Wildman–Crippen LogP) is 4.58. The third kappa shape index (κ3) is 4.46. The Morgan fingerprint density at radius 3 is 2.66 bits per heavy atom. The highest BCUT2D eigenvalue weighted by Gasteiger charge is 2.43. The Morgan fingerprint density at radius 1 is 1.16 bits per heavy atom. The Hall–Kier alpha value is -4.69. The van der Waals surface area contributed by atoms with Crippen LogP contribution in [0.25, 0.3) is 22.0 Å². The molecule has 1 aliphatic rings. The van der Waals surface area contributed by atoms with E-state index in [1.54, 1.807) is 30.3 Å². The summed E-state index contributed by atoms with van der Waals surface area (Å²) < 4.78 is 41.9. The summed E-state index contributed by atoms with van der Waals surface area (Å²) in [4.78, 5) is 27.7. The second-order valence-electron chi connectivity index (χ2n) is 8.29. The van der Waals surface area contributed by atoms with Crippen LogP contribution in [0.2, 0.25) is 5.02 Å². The summed E-state index contributed by atoms with van der Waals surface area (Å²) in [6.45, 7) is -0.480. The van der Waals surface area contributed by atoms with Gasteiger partial charge in [0.05, 0.1) is 34.8 Å². The zero-order chi connectivity index (χ0) is 27.2. The van der Waals surface area contributed by atoms with Crippen LogP contribution in [0, 0.1) is 11.3 Å². The molecule has 1 amide bonds. The molecule has 0 unspecified atom stereocenters. The van der Waals surface area contributed by atoms with E-state index < -0.39 is 24.3 Å². The van der Waals surface area contributed by atoms with Crippen LogP contribution in [0.3, 0.4) is 0 Å². The zero-order valence-corrected chi connectivity index (χ0v) is 20.6. The molecule has 0 atom stereocenters. The maximum absolute atomic E-state index is 13.4. The third-order valence-electron chi connectivity index (χ3n) is 5.93. The molecule has 12 heteroatoms. The van der Waals surface area contributed by atoms with Gasteiger partial charge in [-0.2, -0.15) is 10.4 Å². The number of hydrogen-bond acceptors (Lipinski definition) is 7. The number of rotatable bonds is 5. The number of halogens is 3. The van der Waals surface area contributed by atoms with Crippen molar-refractivity contribution in [3.63, 3.8) is 0 Å². The number of anilines is 1. The van der Waals surface area contributed by atoms with Crippen molar-refractivity contribution in [2.45, 2.75) is 12.8 Å². The lowest BCUT2D eigenvalue weighted by Gasteiger charge is -2.19. The largest absolute Gasteiger partial charge is 0.586 e. The molecule has 192 valence electrons. The van der Waals surface area contributed by atoms with Gasteiger partial charge in [0.25, 0.3) is 5.56 Å². The normalized spacial score (nSPS) is 13.3. The number of nitrogens with zero attached hydrogens (tertiary/aromatic N) is 4. The third-order valence-corrected chi connectivity index (χ3v) is 6.22. The second kappa shape index (κ2) is 9.32. The van der Waals surface area contributed by atoms with E-state index in [1.807, 2.05) is 0 Å². The van der Waals surface area contributed by atoms with Gasteiger partial charge in [-0.1, -0.05) is 23.7 Å². The summed E-state index contributed by atoms with van der Waals surface area (Å²) in [7, 11) is 2.83. The number of likely N-dealkylation sites (N-methyl/N-ethyl adjacent to an activating group) is 1. The fraction of sp³-hybridized carbons (Fsp3) is 0.154. The summed E-state index contributed by atoms with van der Waals surface area (Å²) >= 11 is 6.32. The van der Waals surface area contributed by atoms with Crippen LogP contribution in [0.1, 0.15) is 5.56 Å². The van der Waals surface area contributed by atoms with Crippen molar-refractivity contribution in [3.05, 3.63) is 75.5 Å². The van der Waals surface area contributed by atoms with Crippen LogP contribution >= 0.6 is 11.6 Å². The number of carbonyl (C=O) groups is 1. The van der Waals surface area contributed by atoms with E-state index in [0.717, 1.165) is 4.68 Å². The van der Waals surface area contributed by atoms with Gasteiger partial charge in [0, 0.05) is 29.8 Å². The van der Waals surface area contributed by atoms with Gasteiger partial charge in [-0.15, -0.1) is 8.78 Å². The number of fused-ring (bicyclic) bond motifs is 2. The lowest BCUT2D eigenvalue weighted by atomic mass is 10.0. The molecule has 1 aliphatic heterocycles. The van der Waals surface area contributed by atoms with Gasteiger partial charge >= 0.3 is 6.29 Å². The maximum atomic E-state index is 13.4. The lowest BCUT2D eigenvalue weighted by molar-refractivity contribution is -0.286. The van der Waals surface area contributed by atoms with Gasteiger partial charge in [0.2, 0.25) is 5.91 Å². The van der Waals surface area contributed by atoms with Crippen LogP contribution < -0.4 is 24.7 Å². The SMILES string of the molecule is COc1cc2c(=O)n(CC(=O)N(C)c3ccc4c(c3)OC(F)(F)O4)nc(-c3cccc(C#N)c3)c2cc1Cl. The monoisotopic (exact) mass is 538 g/mol. The highest BCUT2D eigenvalue weighted by Crippen LogP contribution is 2.42. The van der Waals surface area contributed by atoms with Crippen molar-refractivity contribution in [2.75, 3.05) is 19.1 Å². The van der Waals surface area contributed by atoms with Crippen LogP contribution in [-0.4, -0.2) is 36.1 Å². The van der Waals surface area contributed by atoms with Crippen molar-refractivity contribution in [1.82, 2.24) is 9.78 Å². The number of nitriles is 1. The molecular weight excluding hydrogens is 522 g/mol. The first kappa shape index (κ1) is 25.0. The Bertz CT molecular complexity index is 1720. The number of hydrogen-bond donors (Lipinski definition) is 0. The first-order valence-electron chi connectivity index (χ1n) is 11.1. The van der Waals surface area contributed by atoms with Crippen LogP contribution in [0.5, 0.6) is 17.2 Å². The van der Waals surface area contributed by atoms with Crippen molar-refractivity contribution in [2.24, 2.45) is 0 Å². The van der Waals surface area contributed by atoms with Crippen molar-refractivity contribution >= 4 is 34.0 Å². The summed E-state index contributed by atoms with van der Waals surface area (Å²) in [5.41, 5.74) is 0.879. The van der Waals surface area contributed by atoms with E-state index in [1.165, 1.54) is 43.3 Å². The van der Waals surface area contributed by atoms with Crippen molar-refractivity contribution in [1.29, 1.82) is 5.26 Å². The number of carbonyl (C=O) groups excluding carboxylic acids is 1. The average molecular weight is 539 g/mol. The highest BCUT2D eigenvalue weighted by molar-refractivity contribution is 6.33. The molecule has 0 radical (unpaired) electrons. The molecule has 9 nitrogen and oxygen atoms in total.